The van der Waals surface area contributed by atoms with E-state index in [1.54, 1.807) is 0 Å². The summed E-state index contributed by atoms with van der Waals surface area (Å²) in [6.45, 7) is 1.04. The Labute approximate surface area is 115 Å². The monoisotopic (exact) mass is 266 g/mol. The number of rotatable bonds is 8. The van der Waals surface area contributed by atoms with E-state index in [-0.39, 0.29) is 12.0 Å². The molecule has 0 aromatic heterocycles. The molecule has 0 aromatic rings. The first kappa shape index (κ1) is 13.4. The molecule has 0 radical (unpaired) electrons. The lowest BCUT2D eigenvalue weighted by atomic mass is 10.1. The van der Waals surface area contributed by atoms with Gasteiger partial charge in [-0.15, -0.1) is 0 Å². The van der Waals surface area contributed by atoms with E-state index in [9.17, 15) is 9.90 Å². The van der Waals surface area contributed by atoms with Crippen LogP contribution < -0.4 is 5.32 Å². The minimum absolute atomic E-state index is 0.134. The van der Waals surface area contributed by atoms with Gasteiger partial charge in [0.1, 0.15) is 0 Å². The smallest absolute Gasteiger partial charge is 0.234 e. The number of aliphatic hydroxyl groups excluding tert-OH is 1. The van der Waals surface area contributed by atoms with Crippen molar-refractivity contribution in [2.45, 2.75) is 50.7 Å². The fourth-order valence-electron chi connectivity index (χ4n) is 3.02. The van der Waals surface area contributed by atoms with Gasteiger partial charge in [0.2, 0.25) is 5.91 Å². The minimum Gasteiger partial charge on any atom is -0.392 e. The highest BCUT2D eigenvalue weighted by atomic mass is 16.3. The molecule has 3 fully saturated rings. The Bertz CT molecular complexity index is 323. The van der Waals surface area contributed by atoms with Crippen molar-refractivity contribution in [3.63, 3.8) is 0 Å². The quantitative estimate of drug-likeness (QED) is 0.689. The van der Waals surface area contributed by atoms with E-state index < -0.39 is 0 Å². The number of aliphatic hydroxyl groups is 1. The van der Waals surface area contributed by atoms with E-state index in [0.29, 0.717) is 25.0 Å². The van der Waals surface area contributed by atoms with Crippen LogP contribution in [0.1, 0.15) is 38.5 Å². The third kappa shape index (κ3) is 3.93. The maximum absolute atomic E-state index is 12.1. The SMILES string of the molecule is CN(CC(=O)NC(C1CC1)C1CC1)CC(O)C1CC1. The largest absolute Gasteiger partial charge is 0.392 e. The maximum Gasteiger partial charge on any atom is 0.234 e. The molecule has 3 aliphatic rings. The molecular weight excluding hydrogens is 240 g/mol. The molecule has 2 N–H and O–H groups in total. The summed E-state index contributed by atoms with van der Waals surface area (Å²) in [7, 11) is 1.93. The van der Waals surface area contributed by atoms with Crippen molar-refractivity contribution >= 4 is 5.91 Å². The van der Waals surface area contributed by atoms with Gasteiger partial charge in [0.15, 0.2) is 0 Å². The van der Waals surface area contributed by atoms with E-state index >= 15 is 0 Å². The zero-order valence-electron chi connectivity index (χ0n) is 11.8. The van der Waals surface area contributed by atoms with Crippen molar-refractivity contribution in [2.24, 2.45) is 17.8 Å². The highest BCUT2D eigenvalue weighted by Gasteiger charge is 2.42. The van der Waals surface area contributed by atoms with Gasteiger partial charge in [0.05, 0.1) is 12.6 Å². The van der Waals surface area contributed by atoms with Crippen LogP contribution in [-0.4, -0.2) is 48.2 Å². The average molecular weight is 266 g/mol. The van der Waals surface area contributed by atoms with Gasteiger partial charge in [-0.1, -0.05) is 0 Å². The number of nitrogens with one attached hydrogen (secondary N) is 1. The van der Waals surface area contributed by atoms with Gasteiger partial charge in [0, 0.05) is 12.6 Å². The van der Waals surface area contributed by atoms with Crippen molar-refractivity contribution in [2.75, 3.05) is 20.1 Å². The number of hydrogen-bond donors (Lipinski definition) is 2. The van der Waals surface area contributed by atoms with Crippen LogP contribution in [0.4, 0.5) is 0 Å². The lowest BCUT2D eigenvalue weighted by Crippen LogP contribution is -2.44. The Morgan fingerprint density at radius 2 is 1.68 bits per heavy atom. The maximum atomic E-state index is 12.1. The Morgan fingerprint density at radius 1 is 1.16 bits per heavy atom. The summed E-state index contributed by atoms with van der Waals surface area (Å²) in [5.41, 5.74) is 0. The molecule has 1 unspecified atom stereocenters. The van der Waals surface area contributed by atoms with Gasteiger partial charge in [-0.2, -0.15) is 0 Å². The van der Waals surface area contributed by atoms with Crippen LogP contribution >= 0.6 is 0 Å². The Hall–Kier alpha value is -0.610. The predicted octanol–water partition coefficient (Wildman–Crippen LogP) is 0.994. The standard InChI is InChI=1S/C15H26N2O2/c1-17(8-13(18)10-2-3-10)9-14(19)16-15(11-4-5-11)12-6-7-12/h10-13,15,18H,2-9H2,1H3,(H,16,19). The molecule has 0 aliphatic heterocycles. The van der Waals surface area contributed by atoms with E-state index in [1.165, 1.54) is 25.7 Å². The molecule has 3 rings (SSSR count). The van der Waals surface area contributed by atoms with Gasteiger partial charge in [0.25, 0.3) is 0 Å². The molecule has 3 saturated carbocycles. The first-order chi connectivity index (χ1) is 9.13. The summed E-state index contributed by atoms with van der Waals surface area (Å²) in [5.74, 6) is 2.11. The third-order valence-corrected chi connectivity index (χ3v) is 4.67. The zero-order chi connectivity index (χ0) is 13.4. The fourth-order valence-corrected chi connectivity index (χ4v) is 3.02. The lowest BCUT2D eigenvalue weighted by Gasteiger charge is -2.22. The van der Waals surface area contributed by atoms with Gasteiger partial charge in [-0.25, -0.2) is 0 Å². The number of nitrogens with zero attached hydrogens (tertiary/aromatic N) is 1. The van der Waals surface area contributed by atoms with E-state index in [1.807, 2.05) is 11.9 Å². The molecule has 3 aliphatic carbocycles. The van der Waals surface area contributed by atoms with Crippen LogP contribution in [0.15, 0.2) is 0 Å². The van der Waals surface area contributed by atoms with Crippen LogP contribution in [0, 0.1) is 17.8 Å². The van der Waals surface area contributed by atoms with Crippen molar-refractivity contribution in [1.82, 2.24) is 10.2 Å². The fraction of sp³-hybridized carbons (Fsp3) is 0.933. The summed E-state index contributed by atoms with van der Waals surface area (Å²) in [5, 5.41) is 13.1. The minimum atomic E-state index is -0.250. The van der Waals surface area contributed by atoms with Crippen LogP contribution in [0.25, 0.3) is 0 Å². The Balaban J connectivity index is 1.39. The summed E-state index contributed by atoms with van der Waals surface area (Å²) in [6.07, 6.45) is 7.20. The highest BCUT2D eigenvalue weighted by molar-refractivity contribution is 5.78. The number of amides is 1. The van der Waals surface area contributed by atoms with Crippen molar-refractivity contribution in [3.8, 4) is 0 Å². The van der Waals surface area contributed by atoms with Gasteiger partial charge in [-0.3, -0.25) is 9.69 Å². The van der Waals surface area contributed by atoms with Gasteiger partial charge >= 0.3 is 0 Å². The molecule has 4 nitrogen and oxygen atoms in total. The number of carbonyl (C=O) groups excluding carboxylic acids is 1. The molecule has 4 heteroatoms. The van der Waals surface area contributed by atoms with Crippen molar-refractivity contribution < 1.29 is 9.90 Å². The zero-order valence-corrected chi connectivity index (χ0v) is 11.8. The molecule has 0 spiro atoms. The molecular formula is C15H26N2O2. The van der Waals surface area contributed by atoms with E-state index in [0.717, 1.165) is 24.7 Å². The molecule has 0 heterocycles. The normalized spacial score (nSPS) is 24.8. The van der Waals surface area contributed by atoms with Gasteiger partial charge < -0.3 is 10.4 Å². The first-order valence-corrected chi connectivity index (χ1v) is 7.79. The first-order valence-electron chi connectivity index (χ1n) is 7.79. The van der Waals surface area contributed by atoms with Crippen LogP contribution in [-0.2, 0) is 4.79 Å². The second-order valence-corrected chi connectivity index (χ2v) is 6.87. The molecule has 19 heavy (non-hydrogen) atoms. The van der Waals surface area contributed by atoms with Crippen LogP contribution in [0.5, 0.6) is 0 Å². The summed E-state index contributed by atoms with van der Waals surface area (Å²) >= 11 is 0. The Kier molecular flexibility index (Phi) is 3.81. The van der Waals surface area contributed by atoms with E-state index in [4.69, 9.17) is 0 Å². The molecule has 0 bridgehead atoms. The van der Waals surface area contributed by atoms with Crippen LogP contribution in [0.2, 0.25) is 0 Å². The number of carbonyl (C=O) groups is 1. The summed E-state index contributed by atoms with van der Waals surface area (Å²) in [6, 6.07) is 0.439. The third-order valence-electron chi connectivity index (χ3n) is 4.67. The average Bonchev–Trinajstić information content (AvgIpc) is 3.25. The Morgan fingerprint density at radius 3 is 2.16 bits per heavy atom. The lowest BCUT2D eigenvalue weighted by molar-refractivity contribution is -0.123. The van der Waals surface area contributed by atoms with E-state index in [2.05, 4.69) is 5.32 Å². The molecule has 0 aromatic carbocycles. The van der Waals surface area contributed by atoms with Gasteiger partial charge in [-0.05, 0) is 63.3 Å². The summed E-state index contributed by atoms with van der Waals surface area (Å²) < 4.78 is 0. The van der Waals surface area contributed by atoms with Crippen molar-refractivity contribution in [3.05, 3.63) is 0 Å². The summed E-state index contributed by atoms with van der Waals surface area (Å²) in [4.78, 5) is 14.0. The number of hydrogen-bond acceptors (Lipinski definition) is 3. The molecule has 1 amide bonds. The molecule has 0 saturated heterocycles. The topological polar surface area (TPSA) is 52.6 Å². The van der Waals surface area contributed by atoms with Crippen molar-refractivity contribution in [1.29, 1.82) is 0 Å². The predicted molar refractivity (Wildman–Crippen MR) is 73.6 cm³/mol. The second-order valence-electron chi connectivity index (χ2n) is 6.87. The van der Waals surface area contributed by atoms with Crippen LogP contribution in [0.3, 0.4) is 0 Å². The highest BCUT2D eigenvalue weighted by Crippen LogP contribution is 2.44. The number of likely N-dealkylation sites (N-methyl/N-ethyl adjacent to an activating group) is 1. The molecule has 108 valence electrons. The molecule has 1 atom stereocenters. The second kappa shape index (κ2) is 5.41.